The smallest absolute Gasteiger partial charge is 0.119 e. The number of ether oxygens (including phenoxy) is 1. The Hall–Kier alpha value is -2.43. The molecule has 3 aromatic rings. The van der Waals surface area contributed by atoms with E-state index in [1.165, 1.54) is 35.8 Å². The second kappa shape index (κ2) is 11.4. The van der Waals surface area contributed by atoms with Crippen molar-refractivity contribution >= 4 is 10.9 Å². The largest absolute Gasteiger partial charge is 0.497 e. The number of hydrogen-bond acceptors (Lipinski definition) is 4. The Morgan fingerprint density at radius 1 is 1.03 bits per heavy atom. The molecule has 2 heterocycles. The molecule has 4 rings (SSSR count). The van der Waals surface area contributed by atoms with Crippen LogP contribution in [0.1, 0.15) is 36.8 Å². The van der Waals surface area contributed by atoms with Crippen molar-refractivity contribution < 1.29 is 9.84 Å². The molecule has 1 aliphatic rings. The molecule has 1 fully saturated rings. The van der Waals surface area contributed by atoms with Crippen molar-refractivity contribution in [2.45, 2.75) is 38.5 Å². The number of rotatable bonds is 10. The molecule has 170 valence electrons. The first-order valence-electron chi connectivity index (χ1n) is 12.1. The van der Waals surface area contributed by atoms with E-state index in [9.17, 15) is 5.11 Å². The molecular weight excluding hydrogens is 396 g/mol. The number of aliphatic hydroxyl groups excluding tert-OH is 1. The van der Waals surface area contributed by atoms with Gasteiger partial charge in [0.05, 0.1) is 12.6 Å². The maximum Gasteiger partial charge on any atom is 0.119 e. The van der Waals surface area contributed by atoms with Gasteiger partial charge in [-0.15, -0.1) is 0 Å². The predicted molar refractivity (Wildman–Crippen MR) is 131 cm³/mol. The number of piperidine rings is 1. The second-order valence-corrected chi connectivity index (χ2v) is 9.13. The van der Waals surface area contributed by atoms with Crippen LogP contribution in [0.15, 0.2) is 60.8 Å². The first kappa shape index (κ1) is 22.8. The monoisotopic (exact) mass is 432 g/mol. The third-order valence-electron chi connectivity index (χ3n) is 7.05. The van der Waals surface area contributed by atoms with Gasteiger partial charge in [-0.1, -0.05) is 30.3 Å². The molecule has 2 atom stereocenters. The average Bonchev–Trinajstić information content (AvgIpc) is 2.85. The average molecular weight is 433 g/mol. The minimum atomic E-state index is 0.301. The Morgan fingerprint density at radius 3 is 2.72 bits per heavy atom. The molecule has 1 aromatic heterocycles. The summed E-state index contributed by atoms with van der Waals surface area (Å²) in [5.41, 5.74) is 3.79. The van der Waals surface area contributed by atoms with Gasteiger partial charge in [0.1, 0.15) is 5.75 Å². The van der Waals surface area contributed by atoms with E-state index in [2.05, 4.69) is 52.3 Å². The fourth-order valence-electron chi connectivity index (χ4n) is 5.18. The van der Waals surface area contributed by atoms with Crippen LogP contribution in [-0.2, 0) is 12.8 Å². The van der Waals surface area contributed by atoms with Gasteiger partial charge >= 0.3 is 0 Å². The Labute approximate surface area is 192 Å². The summed E-state index contributed by atoms with van der Waals surface area (Å²) in [6, 6.07) is 19.0. The minimum absolute atomic E-state index is 0.301. The van der Waals surface area contributed by atoms with Crippen LogP contribution in [0, 0.1) is 11.8 Å². The summed E-state index contributed by atoms with van der Waals surface area (Å²) in [6.45, 7) is 3.62. The van der Waals surface area contributed by atoms with Gasteiger partial charge in [0, 0.05) is 24.7 Å². The molecule has 1 aliphatic heterocycles. The molecule has 0 radical (unpaired) electrons. The van der Waals surface area contributed by atoms with Gasteiger partial charge in [0.25, 0.3) is 0 Å². The number of fused-ring (bicyclic) bond motifs is 1. The lowest BCUT2D eigenvalue weighted by Gasteiger charge is -2.38. The SMILES string of the molecule is COc1ccc2nccc(CCCC3CCN(CCCc4ccccc4)CC3CO)c2c1. The maximum atomic E-state index is 10.0. The van der Waals surface area contributed by atoms with Crippen molar-refractivity contribution in [2.75, 3.05) is 33.4 Å². The lowest BCUT2D eigenvalue weighted by Crippen LogP contribution is -2.42. The van der Waals surface area contributed by atoms with Crippen molar-refractivity contribution in [3.05, 3.63) is 71.9 Å². The van der Waals surface area contributed by atoms with Crippen LogP contribution in [0.25, 0.3) is 10.9 Å². The van der Waals surface area contributed by atoms with Crippen molar-refractivity contribution in [3.8, 4) is 5.75 Å². The van der Waals surface area contributed by atoms with Crippen molar-refractivity contribution in [1.82, 2.24) is 9.88 Å². The van der Waals surface area contributed by atoms with Crippen LogP contribution in [-0.4, -0.2) is 48.3 Å². The standard InChI is InChI=1S/C28H36N2O2/c1-32-26-12-13-28-27(19-26)24(14-16-29-28)11-5-10-23-15-18-30(20-25(23)21-31)17-6-9-22-7-3-2-4-8-22/h2-4,7-8,12-14,16,19,23,25,31H,5-6,9-11,15,17-18,20-21H2,1H3. The highest BCUT2D eigenvalue weighted by Gasteiger charge is 2.28. The number of aryl methyl sites for hydroxylation is 2. The molecule has 0 aliphatic carbocycles. The van der Waals surface area contributed by atoms with Gasteiger partial charge in [0.2, 0.25) is 0 Å². The van der Waals surface area contributed by atoms with Gasteiger partial charge in [-0.25, -0.2) is 0 Å². The lowest BCUT2D eigenvalue weighted by molar-refractivity contribution is 0.0669. The second-order valence-electron chi connectivity index (χ2n) is 9.13. The summed E-state index contributed by atoms with van der Waals surface area (Å²) in [4.78, 5) is 7.06. The Morgan fingerprint density at radius 2 is 1.91 bits per heavy atom. The highest BCUT2D eigenvalue weighted by Crippen LogP contribution is 2.29. The minimum Gasteiger partial charge on any atom is -0.497 e. The van der Waals surface area contributed by atoms with Crippen LogP contribution < -0.4 is 4.74 Å². The van der Waals surface area contributed by atoms with E-state index in [0.29, 0.717) is 18.4 Å². The number of nitrogens with zero attached hydrogens (tertiary/aromatic N) is 2. The Bertz CT molecular complexity index is 976. The summed E-state index contributed by atoms with van der Waals surface area (Å²) >= 11 is 0. The fourth-order valence-corrected chi connectivity index (χ4v) is 5.18. The molecule has 2 aromatic carbocycles. The topological polar surface area (TPSA) is 45.6 Å². The van der Waals surface area contributed by atoms with Gasteiger partial charge in [-0.3, -0.25) is 4.98 Å². The Kier molecular flexibility index (Phi) is 8.13. The van der Waals surface area contributed by atoms with E-state index in [-0.39, 0.29) is 0 Å². The predicted octanol–water partition coefficient (Wildman–Crippen LogP) is 5.13. The van der Waals surface area contributed by atoms with Crippen molar-refractivity contribution in [2.24, 2.45) is 11.8 Å². The number of aromatic nitrogens is 1. The number of hydrogen-bond donors (Lipinski definition) is 1. The lowest BCUT2D eigenvalue weighted by atomic mass is 9.82. The number of benzene rings is 2. The summed E-state index contributed by atoms with van der Waals surface area (Å²) in [6.07, 6.45) is 8.79. The third-order valence-corrected chi connectivity index (χ3v) is 7.05. The fraction of sp³-hybridized carbons (Fsp3) is 0.464. The van der Waals surface area contributed by atoms with Gasteiger partial charge in [0.15, 0.2) is 0 Å². The zero-order valence-corrected chi connectivity index (χ0v) is 19.2. The van der Waals surface area contributed by atoms with E-state index in [4.69, 9.17) is 4.74 Å². The van der Waals surface area contributed by atoms with Crippen LogP contribution >= 0.6 is 0 Å². The van der Waals surface area contributed by atoms with Gasteiger partial charge in [-0.2, -0.15) is 0 Å². The summed E-state index contributed by atoms with van der Waals surface area (Å²) in [7, 11) is 1.71. The van der Waals surface area contributed by atoms with Crippen LogP contribution in [0.5, 0.6) is 5.75 Å². The van der Waals surface area contributed by atoms with Crippen molar-refractivity contribution in [3.63, 3.8) is 0 Å². The molecule has 2 unspecified atom stereocenters. The number of likely N-dealkylation sites (tertiary alicyclic amines) is 1. The molecule has 1 saturated heterocycles. The highest BCUT2D eigenvalue weighted by molar-refractivity contribution is 5.83. The van der Waals surface area contributed by atoms with E-state index >= 15 is 0 Å². The van der Waals surface area contributed by atoms with Crippen LogP contribution in [0.2, 0.25) is 0 Å². The van der Waals surface area contributed by atoms with E-state index in [0.717, 1.165) is 50.2 Å². The molecule has 32 heavy (non-hydrogen) atoms. The van der Waals surface area contributed by atoms with Crippen molar-refractivity contribution in [1.29, 1.82) is 0 Å². The normalized spacial score (nSPS) is 19.3. The van der Waals surface area contributed by atoms with Gasteiger partial charge < -0.3 is 14.7 Å². The quantitative estimate of drug-likeness (QED) is 0.482. The first-order chi connectivity index (χ1) is 15.8. The summed E-state index contributed by atoms with van der Waals surface area (Å²) in [5.74, 6) is 1.90. The molecule has 0 spiro atoms. The number of methoxy groups -OCH3 is 1. The maximum absolute atomic E-state index is 10.0. The van der Waals surface area contributed by atoms with Gasteiger partial charge in [-0.05, 0) is 98.8 Å². The van der Waals surface area contributed by atoms with Crippen LogP contribution in [0.4, 0.5) is 0 Å². The summed E-state index contributed by atoms with van der Waals surface area (Å²) in [5, 5.41) is 11.2. The molecule has 0 amide bonds. The molecule has 0 saturated carbocycles. The Balaban J connectivity index is 1.26. The summed E-state index contributed by atoms with van der Waals surface area (Å²) < 4.78 is 5.41. The molecule has 0 bridgehead atoms. The third kappa shape index (κ3) is 5.87. The molecule has 4 heteroatoms. The zero-order valence-electron chi connectivity index (χ0n) is 19.2. The number of pyridine rings is 1. The van der Waals surface area contributed by atoms with Crippen LogP contribution in [0.3, 0.4) is 0 Å². The zero-order chi connectivity index (χ0) is 22.2. The highest BCUT2D eigenvalue weighted by atomic mass is 16.5. The number of aliphatic hydroxyl groups is 1. The first-order valence-corrected chi connectivity index (χ1v) is 12.1. The molecule has 1 N–H and O–H groups in total. The molecular formula is C28H36N2O2. The van der Waals surface area contributed by atoms with E-state index in [1.807, 2.05) is 18.3 Å². The molecule has 4 nitrogen and oxygen atoms in total. The van der Waals surface area contributed by atoms with E-state index < -0.39 is 0 Å². The van der Waals surface area contributed by atoms with E-state index in [1.54, 1.807) is 7.11 Å².